The predicted molar refractivity (Wildman–Crippen MR) is 83.6 cm³/mol. The van der Waals surface area contributed by atoms with Gasteiger partial charge in [0.2, 0.25) is 0 Å². The van der Waals surface area contributed by atoms with Gasteiger partial charge in [0.05, 0.1) is 6.04 Å². The summed E-state index contributed by atoms with van der Waals surface area (Å²) in [6.45, 7) is 7.95. The summed E-state index contributed by atoms with van der Waals surface area (Å²) in [6.07, 6.45) is 1.09. The summed E-state index contributed by atoms with van der Waals surface area (Å²) < 4.78 is 1.37. The van der Waals surface area contributed by atoms with Crippen LogP contribution in [0.5, 0.6) is 0 Å². The predicted octanol–water partition coefficient (Wildman–Crippen LogP) is 3.77. The zero-order chi connectivity index (χ0) is 13.6. The van der Waals surface area contributed by atoms with Crippen molar-refractivity contribution in [3.05, 3.63) is 35.2 Å². The average Bonchev–Trinajstić information content (AvgIpc) is 2.91. The van der Waals surface area contributed by atoms with Crippen molar-refractivity contribution >= 4 is 21.4 Å². The Morgan fingerprint density at radius 1 is 1.26 bits per heavy atom. The van der Waals surface area contributed by atoms with Crippen LogP contribution in [0.3, 0.4) is 0 Å². The van der Waals surface area contributed by atoms with Gasteiger partial charge in [-0.05, 0) is 49.6 Å². The molecule has 19 heavy (non-hydrogen) atoms. The molecule has 0 bridgehead atoms. The second kappa shape index (κ2) is 4.58. The van der Waals surface area contributed by atoms with E-state index in [0.29, 0.717) is 6.04 Å². The molecule has 1 saturated heterocycles. The lowest BCUT2D eigenvalue weighted by molar-refractivity contribution is 0.118. The third-order valence-electron chi connectivity index (χ3n) is 4.14. The topological polar surface area (TPSA) is 29.3 Å². The molecule has 1 aromatic heterocycles. The Morgan fingerprint density at radius 2 is 2.00 bits per heavy atom. The lowest BCUT2D eigenvalue weighted by Crippen LogP contribution is -2.43. The molecule has 2 heterocycles. The van der Waals surface area contributed by atoms with E-state index in [0.717, 1.165) is 13.0 Å². The van der Waals surface area contributed by atoms with Gasteiger partial charge in [-0.1, -0.05) is 18.2 Å². The first-order chi connectivity index (χ1) is 8.98. The first kappa shape index (κ1) is 13.1. The molecule has 0 aliphatic carbocycles. The summed E-state index contributed by atoms with van der Waals surface area (Å²) in [7, 11) is 0. The molecular weight excluding hydrogens is 252 g/mol. The molecule has 0 saturated carbocycles. The number of likely N-dealkylation sites (tertiary alicyclic amines) is 1. The molecule has 1 aromatic carbocycles. The van der Waals surface area contributed by atoms with Gasteiger partial charge in [0.25, 0.3) is 0 Å². The standard InChI is InChI=1S/C16H22N2S/c1-16(2,3)18-9-8-13(17)15(18)12-10-19-14-7-5-4-6-11(12)14/h4-7,10,13,15H,8-9,17H2,1-3H3. The van der Waals surface area contributed by atoms with Crippen LogP contribution in [0.25, 0.3) is 10.1 Å². The van der Waals surface area contributed by atoms with Gasteiger partial charge >= 0.3 is 0 Å². The summed E-state index contributed by atoms with van der Waals surface area (Å²) in [5.74, 6) is 0. The van der Waals surface area contributed by atoms with E-state index < -0.39 is 0 Å². The smallest absolute Gasteiger partial charge is 0.0519 e. The Balaban J connectivity index is 2.08. The number of thiophene rings is 1. The fraction of sp³-hybridized carbons (Fsp3) is 0.500. The molecule has 3 heteroatoms. The van der Waals surface area contributed by atoms with E-state index in [1.807, 2.05) is 11.3 Å². The van der Waals surface area contributed by atoms with Gasteiger partial charge in [0, 0.05) is 22.8 Å². The zero-order valence-electron chi connectivity index (χ0n) is 11.9. The lowest BCUT2D eigenvalue weighted by atomic mass is 9.96. The highest BCUT2D eigenvalue weighted by Crippen LogP contribution is 2.41. The van der Waals surface area contributed by atoms with Gasteiger partial charge < -0.3 is 5.73 Å². The van der Waals surface area contributed by atoms with Gasteiger partial charge in [0.1, 0.15) is 0 Å². The largest absolute Gasteiger partial charge is 0.326 e. The molecule has 2 nitrogen and oxygen atoms in total. The van der Waals surface area contributed by atoms with E-state index >= 15 is 0 Å². The maximum atomic E-state index is 6.41. The third kappa shape index (κ3) is 2.20. The van der Waals surface area contributed by atoms with E-state index in [-0.39, 0.29) is 11.6 Å². The first-order valence-corrected chi connectivity index (χ1v) is 7.85. The summed E-state index contributed by atoms with van der Waals surface area (Å²) in [5.41, 5.74) is 8.00. The summed E-state index contributed by atoms with van der Waals surface area (Å²) in [5, 5.41) is 3.68. The van der Waals surface area contributed by atoms with E-state index in [1.165, 1.54) is 15.6 Å². The Kier molecular flexibility index (Phi) is 3.16. The molecule has 1 aliphatic heterocycles. The minimum Gasteiger partial charge on any atom is -0.326 e. The van der Waals surface area contributed by atoms with Crippen LogP contribution in [-0.2, 0) is 0 Å². The van der Waals surface area contributed by atoms with Crippen LogP contribution in [-0.4, -0.2) is 23.0 Å². The third-order valence-corrected chi connectivity index (χ3v) is 5.12. The highest BCUT2D eigenvalue weighted by atomic mass is 32.1. The Morgan fingerprint density at radius 3 is 2.74 bits per heavy atom. The maximum Gasteiger partial charge on any atom is 0.0519 e. The van der Waals surface area contributed by atoms with Crippen molar-refractivity contribution in [3.63, 3.8) is 0 Å². The summed E-state index contributed by atoms with van der Waals surface area (Å²) >= 11 is 1.83. The number of hydrogen-bond acceptors (Lipinski definition) is 3. The monoisotopic (exact) mass is 274 g/mol. The van der Waals surface area contributed by atoms with Crippen molar-refractivity contribution in [1.82, 2.24) is 4.90 Å². The molecule has 3 rings (SSSR count). The zero-order valence-corrected chi connectivity index (χ0v) is 12.7. The van der Waals surface area contributed by atoms with Gasteiger partial charge in [0.15, 0.2) is 0 Å². The quantitative estimate of drug-likeness (QED) is 0.857. The highest BCUT2D eigenvalue weighted by Gasteiger charge is 2.39. The van der Waals surface area contributed by atoms with Crippen LogP contribution in [0.4, 0.5) is 0 Å². The van der Waals surface area contributed by atoms with Crippen molar-refractivity contribution in [2.45, 2.75) is 44.8 Å². The van der Waals surface area contributed by atoms with E-state index in [9.17, 15) is 0 Å². The first-order valence-electron chi connectivity index (χ1n) is 6.97. The number of benzene rings is 1. The number of rotatable bonds is 1. The molecule has 0 spiro atoms. The molecule has 2 unspecified atom stereocenters. The van der Waals surface area contributed by atoms with Crippen molar-refractivity contribution in [2.75, 3.05) is 6.54 Å². The van der Waals surface area contributed by atoms with Crippen molar-refractivity contribution in [3.8, 4) is 0 Å². The molecule has 1 aliphatic rings. The van der Waals surface area contributed by atoms with Gasteiger partial charge in [-0.3, -0.25) is 4.90 Å². The van der Waals surface area contributed by atoms with Crippen molar-refractivity contribution in [1.29, 1.82) is 0 Å². The maximum absolute atomic E-state index is 6.41. The second-order valence-corrected chi connectivity index (χ2v) is 7.36. The SMILES string of the molecule is CC(C)(C)N1CCC(N)C1c1csc2ccccc12. The summed E-state index contributed by atoms with van der Waals surface area (Å²) in [4.78, 5) is 2.56. The van der Waals surface area contributed by atoms with Crippen LogP contribution >= 0.6 is 11.3 Å². The molecule has 0 amide bonds. The molecule has 102 valence electrons. The Labute approximate surface area is 119 Å². The second-order valence-electron chi connectivity index (χ2n) is 6.45. The number of hydrogen-bond donors (Lipinski definition) is 1. The molecule has 2 aromatic rings. The minimum atomic E-state index is 0.168. The number of nitrogens with zero attached hydrogens (tertiary/aromatic N) is 1. The van der Waals surface area contributed by atoms with Crippen molar-refractivity contribution < 1.29 is 0 Å². The van der Waals surface area contributed by atoms with Crippen LogP contribution < -0.4 is 5.73 Å². The van der Waals surface area contributed by atoms with Crippen LogP contribution in [0, 0.1) is 0 Å². The molecule has 1 fully saturated rings. The van der Waals surface area contributed by atoms with Gasteiger partial charge in [-0.2, -0.15) is 0 Å². The molecule has 0 radical (unpaired) electrons. The summed E-state index contributed by atoms with van der Waals surface area (Å²) in [6, 6.07) is 9.27. The fourth-order valence-corrected chi connectivity index (χ4v) is 4.19. The number of nitrogens with two attached hydrogens (primary N) is 1. The molecule has 2 N–H and O–H groups in total. The average molecular weight is 274 g/mol. The molecular formula is C16H22N2S. The Bertz CT molecular complexity index is 582. The van der Waals surface area contributed by atoms with Crippen molar-refractivity contribution in [2.24, 2.45) is 5.73 Å². The minimum absolute atomic E-state index is 0.168. The van der Waals surface area contributed by atoms with Gasteiger partial charge in [-0.25, -0.2) is 0 Å². The Hall–Kier alpha value is -0.900. The van der Waals surface area contributed by atoms with E-state index in [2.05, 4.69) is 55.3 Å². The van der Waals surface area contributed by atoms with Crippen LogP contribution in [0.1, 0.15) is 38.8 Å². The number of fused-ring (bicyclic) bond motifs is 1. The van der Waals surface area contributed by atoms with E-state index in [4.69, 9.17) is 5.73 Å². The normalized spacial score (nSPS) is 25.3. The van der Waals surface area contributed by atoms with Gasteiger partial charge in [-0.15, -0.1) is 11.3 Å². The fourth-order valence-electron chi connectivity index (χ4n) is 3.19. The van der Waals surface area contributed by atoms with E-state index in [1.54, 1.807) is 0 Å². The van der Waals surface area contributed by atoms with Crippen LogP contribution in [0.2, 0.25) is 0 Å². The molecule has 2 atom stereocenters. The van der Waals surface area contributed by atoms with Crippen LogP contribution in [0.15, 0.2) is 29.6 Å². The lowest BCUT2D eigenvalue weighted by Gasteiger charge is -2.38. The highest BCUT2D eigenvalue weighted by molar-refractivity contribution is 7.17.